The van der Waals surface area contributed by atoms with Gasteiger partial charge in [-0.3, -0.25) is 9.69 Å². The van der Waals surface area contributed by atoms with Crippen molar-refractivity contribution in [3.8, 4) is 0 Å². The van der Waals surface area contributed by atoms with Gasteiger partial charge in [-0.1, -0.05) is 0 Å². The van der Waals surface area contributed by atoms with Crippen molar-refractivity contribution in [2.45, 2.75) is 0 Å². The Morgan fingerprint density at radius 3 is 3.33 bits per heavy atom. The van der Waals surface area contributed by atoms with Crippen molar-refractivity contribution < 1.29 is 4.79 Å². The molecule has 0 aromatic carbocycles. The highest BCUT2D eigenvalue weighted by Crippen LogP contribution is 2.06. The maximum Gasteiger partial charge on any atom is 0.232 e. The van der Waals surface area contributed by atoms with E-state index in [9.17, 15) is 4.79 Å². The van der Waals surface area contributed by atoms with E-state index in [1.807, 2.05) is 0 Å². The molecule has 0 aromatic heterocycles. The van der Waals surface area contributed by atoms with Crippen molar-refractivity contribution in [3.05, 3.63) is 11.8 Å². The van der Waals surface area contributed by atoms with Gasteiger partial charge in [0, 0.05) is 11.8 Å². The van der Waals surface area contributed by atoms with Gasteiger partial charge in [0.15, 0.2) is 0 Å². The Bertz CT molecular complexity index is 326. The highest BCUT2D eigenvalue weighted by Gasteiger charge is 2.15. The molecule has 0 N–H and O–H groups in total. The molecule has 0 fully saturated rings. The van der Waals surface area contributed by atoms with Gasteiger partial charge in [0.05, 0.1) is 12.9 Å². The van der Waals surface area contributed by atoms with Gasteiger partial charge in [0.25, 0.3) is 0 Å². The van der Waals surface area contributed by atoms with Gasteiger partial charge in [0.2, 0.25) is 5.96 Å². The van der Waals surface area contributed by atoms with Crippen molar-refractivity contribution in [1.29, 1.82) is 0 Å². The molecule has 0 aliphatic carbocycles. The molecule has 0 saturated heterocycles. The van der Waals surface area contributed by atoms with Crippen LogP contribution >= 0.6 is 0 Å². The molecule has 0 aromatic rings. The van der Waals surface area contributed by atoms with Gasteiger partial charge in [-0.15, -0.1) is 0 Å². The maximum atomic E-state index is 10.4. The van der Waals surface area contributed by atoms with Crippen molar-refractivity contribution in [3.63, 3.8) is 0 Å². The number of aldehydes is 1. The Hall–Kier alpha value is -1.78. The average molecular weight is 162 g/mol. The average Bonchev–Trinajstić information content (AvgIpc) is 2.17. The summed E-state index contributed by atoms with van der Waals surface area (Å²) in [7, 11) is 0. The van der Waals surface area contributed by atoms with E-state index in [2.05, 4.69) is 15.0 Å². The quantitative estimate of drug-likeness (QED) is 0.502. The Morgan fingerprint density at radius 2 is 2.50 bits per heavy atom. The molecule has 60 valence electrons. The predicted octanol–water partition coefficient (Wildman–Crippen LogP) is -0.189. The van der Waals surface area contributed by atoms with Crippen molar-refractivity contribution in [2.75, 3.05) is 6.54 Å². The molecule has 0 unspecified atom stereocenters. The van der Waals surface area contributed by atoms with Crippen LogP contribution in [0.15, 0.2) is 26.8 Å². The van der Waals surface area contributed by atoms with Crippen molar-refractivity contribution >= 4 is 24.9 Å². The smallest absolute Gasteiger partial charge is 0.232 e. The van der Waals surface area contributed by atoms with Gasteiger partial charge in [-0.2, -0.15) is 0 Å². The van der Waals surface area contributed by atoms with Crippen LogP contribution in [0.25, 0.3) is 0 Å². The number of aliphatic imine (C=N–C) groups is 3. The summed E-state index contributed by atoms with van der Waals surface area (Å²) in [4.78, 5) is 23.8. The Labute approximate surface area is 68.8 Å². The van der Waals surface area contributed by atoms with E-state index in [4.69, 9.17) is 0 Å². The molecular formula is C7H6N4O. The molecule has 5 heteroatoms. The first-order valence-electron chi connectivity index (χ1n) is 3.44. The topological polar surface area (TPSA) is 57.4 Å². The lowest BCUT2D eigenvalue weighted by atomic mass is 10.3. The molecule has 12 heavy (non-hydrogen) atoms. The fourth-order valence-electron chi connectivity index (χ4n) is 0.986. The third-order valence-electron chi connectivity index (χ3n) is 1.55. The van der Waals surface area contributed by atoms with Gasteiger partial charge in [-0.05, 0) is 0 Å². The number of hydrogen-bond donors (Lipinski definition) is 0. The number of nitrogens with zero attached hydrogens (tertiary/aromatic N) is 4. The van der Waals surface area contributed by atoms with Crippen molar-refractivity contribution in [1.82, 2.24) is 4.90 Å². The van der Waals surface area contributed by atoms with Crippen LogP contribution in [0, 0.1) is 0 Å². The third kappa shape index (κ3) is 1.05. The fourth-order valence-corrected chi connectivity index (χ4v) is 0.986. The number of guanidine groups is 1. The van der Waals surface area contributed by atoms with Crippen LogP contribution in [-0.4, -0.2) is 36.4 Å². The molecule has 0 atom stereocenters. The van der Waals surface area contributed by atoms with E-state index >= 15 is 0 Å². The molecule has 0 amide bonds. The van der Waals surface area contributed by atoms with Gasteiger partial charge < -0.3 is 0 Å². The third-order valence-corrected chi connectivity index (χ3v) is 1.55. The normalized spacial score (nSPS) is 19.8. The summed E-state index contributed by atoms with van der Waals surface area (Å²) >= 11 is 0. The lowest BCUT2D eigenvalue weighted by Gasteiger charge is -2.21. The van der Waals surface area contributed by atoms with Crippen LogP contribution in [0.5, 0.6) is 0 Å². The van der Waals surface area contributed by atoms with Crippen LogP contribution in [0.2, 0.25) is 0 Å². The van der Waals surface area contributed by atoms with Crippen LogP contribution in [-0.2, 0) is 4.79 Å². The summed E-state index contributed by atoms with van der Waals surface area (Å²) < 4.78 is 0. The number of carbonyl (C=O) groups is 1. The van der Waals surface area contributed by atoms with Crippen LogP contribution in [0.3, 0.4) is 0 Å². The predicted molar refractivity (Wildman–Crippen MR) is 45.3 cm³/mol. The van der Waals surface area contributed by atoms with Crippen molar-refractivity contribution in [2.24, 2.45) is 15.0 Å². The maximum absolute atomic E-state index is 10.4. The number of rotatable bonds is 1. The second kappa shape index (κ2) is 2.69. The summed E-state index contributed by atoms with van der Waals surface area (Å²) in [5.41, 5.74) is 0.627. The molecule has 5 nitrogen and oxygen atoms in total. The molecule has 2 heterocycles. The highest BCUT2D eigenvalue weighted by atomic mass is 16.1. The number of fused-ring (bicyclic) bond motifs is 1. The van der Waals surface area contributed by atoms with Crippen LogP contribution in [0.1, 0.15) is 0 Å². The first kappa shape index (κ1) is 6.90. The van der Waals surface area contributed by atoms with Gasteiger partial charge in [-0.25, -0.2) is 15.0 Å². The van der Waals surface area contributed by atoms with E-state index in [0.29, 0.717) is 18.1 Å². The SMILES string of the molecule is O=CC1=CN=C2N=CN=CN2C1. The lowest BCUT2D eigenvalue weighted by Crippen LogP contribution is -2.34. The zero-order valence-corrected chi connectivity index (χ0v) is 6.21. The van der Waals surface area contributed by atoms with E-state index in [1.54, 1.807) is 11.2 Å². The molecule has 0 spiro atoms. The highest BCUT2D eigenvalue weighted by molar-refractivity contribution is 6.01. The van der Waals surface area contributed by atoms with Gasteiger partial charge >= 0.3 is 0 Å². The summed E-state index contributed by atoms with van der Waals surface area (Å²) in [6, 6.07) is 0. The molecular weight excluding hydrogens is 156 g/mol. The largest absolute Gasteiger partial charge is 0.298 e. The van der Waals surface area contributed by atoms with Gasteiger partial charge in [0.1, 0.15) is 12.6 Å². The van der Waals surface area contributed by atoms with E-state index in [0.717, 1.165) is 6.29 Å². The van der Waals surface area contributed by atoms with Crippen LogP contribution in [0.4, 0.5) is 0 Å². The second-order valence-corrected chi connectivity index (χ2v) is 2.39. The molecule has 2 aliphatic heterocycles. The fraction of sp³-hybridized carbons (Fsp3) is 0.143. The molecule has 0 radical (unpaired) electrons. The standard InChI is InChI=1S/C7H6N4O/c12-3-6-1-9-7-10-4-8-5-11(7)2-6/h1,3-5H,2H2. The first-order valence-corrected chi connectivity index (χ1v) is 3.44. The summed E-state index contributed by atoms with van der Waals surface area (Å²) in [6.45, 7) is 0.503. The molecule has 0 saturated carbocycles. The lowest BCUT2D eigenvalue weighted by molar-refractivity contribution is -0.105. The van der Waals surface area contributed by atoms with E-state index < -0.39 is 0 Å². The minimum atomic E-state index is 0.503. The zero-order valence-electron chi connectivity index (χ0n) is 6.21. The van der Waals surface area contributed by atoms with E-state index in [-0.39, 0.29) is 0 Å². The monoisotopic (exact) mass is 162 g/mol. The second-order valence-electron chi connectivity index (χ2n) is 2.39. The minimum absolute atomic E-state index is 0.503. The summed E-state index contributed by atoms with van der Waals surface area (Å²) in [5.74, 6) is 0.579. The number of hydrogen-bond acceptors (Lipinski definition) is 5. The molecule has 2 aliphatic rings. The van der Waals surface area contributed by atoms with E-state index in [1.165, 1.54) is 12.5 Å². The molecule has 0 bridgehead atoms. The Balaban J connectivity index is 2.31. The summed E-state index contributed by atoms with van der Waals surface area (Å²) in [6.07, 6.45) is 5.33. The Morgan fingerprint density at radius 1 is 1.58 bits per heavy atom. The first-order chi connectivity index (χ1) is 5.90. The molecule has 2 rings (SSSR count). The number of carbonyl (C=O) groups excluding carboxylic acids is 1. The minimum Gasteiger partial charge on any atom is -0.298 e. The summed E-state index contributed by atoms with van der Waals surface area (Å²) in [5, 5.41) is 0. The zero-order chi connectivity index (χ0) is 8.39. The Kier molecular flexibility index (Phi) is 1.55. The van der Waals surface area contributed by atoms with Crippen LogP contribution < -0.4 is 0 Å².